The van der Waals surface area contributed by atoms with E-state index in [1.54, 1.807) is 0 Å². The lowest BCUT2D eigenvalue weighted by molar-refractivity contribution is -0.123. The number of hydrogen-bond donors (Lipinski definition) is 2. The second kappa shape index (κ2) is 13.4. The summed E-state index contributed by atoms with van der Waals surface area (Å²) in [4.78, 5) is 26.1. The molecule has 1 atom stereocenters. The first-order valence-electron chi connectivity index (χ1n) is 9.50. The van der Waals surface area contributed by atoms with Gasteiger partial charge in [0, 0.05) is 25.3 Å². The summed E-state index contributed by atoms with van der Waals surface area (Å²) < 4.78 is 0. The third-order valence-electron chi connectivity index (χ3n) is 4.56. The fraction of sp³-hybridized carbons (Fsp3) is 0.409. The van der Waals surface area contributed by atoms with E-state index in [4.69, 9.17) is 19.8 Å². The van der Waals surface area contributed by atoms with Crippen LogP contribution in [0.5, 0.6) is 0 Å². The first kappa shape index (κ1) is 24.3. The van der Waals surface area contributed by atoms with E-state index >= 15 is 0 Å². The van der Waals surface area contributed by atoms with E-state index in [1.807, 2.05) is 6.20 Å². The summed E-state index contributed by atoms with van der Waals surface area (Å²) in [5, 5.41) is 13.8. The molecule has 0 bridgehead atoms. The minimum atomic E-state index is -0.250. The summed E-state index contributed by atoms with van der Waals surface area (Å²) in [6.45, 7) is 4.71. The molecule has 0 saturated carbocycles. The van der Waals surface area contributed by atoms with E-state index in [-0.39, 0.29) is 12.9 Å². The second-order valence-electron chi connectivity index (χ2n) is 7.15. The van der Waals surface area contributed by atoms with Crippen LogP contribution in [0.3, 0.4) is 0 Å². The highest BCUT2D eigenvalue weighted by Crippen LogP contribution is 2.33. The number of pyridine rings is 1. The third kappa shape index (κ3) is 8.85. The molecular weight excluding hydrogens is 370 g/mol. The van der Waals surface area contributed by atoms with Crippen LogP contribution in [-0.4, -0.2) is 58.6 Å². The Bertz CT molecular complexity index is 712. The molecule has 1 saturated heterocycles. The summed E-state index contributed by atoms with van der Waals surface area (Å²) in [5.41, 5.74) is 5.22. The molecular formula is C22H31N3O4. The van der Waals surface area contributed by atoms with Gasteiger partial charge >= 0.3 is 0 Å². The Balaban J connectivity index is 0.000000626. The SMILES string of the molecule is Cc1ccc(CN2CCCC2c2ccc(CN(C)C)cc2)nc1.O=CO.O=CO. The number of likely N-dealkylation sites (tertiary alicyclic amines) is 1. The fourth-order valence-corrected chi connectivity index (χ4v) is 3.40. The number of hydrogen-bond acceptors (Lipinski definition) is 5. The van der Waals surface area contributed by atoms with E-state index in [2.05, 4.69) is 72.2 Å². The number of benzene rings is 1. The van der Waals surface area contributed by atoms with Gasteiger partial charge in [0.1, 0.15) is 0 Å². The van der Waals surface area contributed by atoms with Crippen LogP contribution < -0.4 is 0 Å². The highest BCUT2D eigenvalue weighted by Gasteiger charge is 2.26. The molecule has 1 aliphatic rings. The van der Waals surface area contributed by atoms with Crippen molar-refractivity contribution < 1.29 is 19.8 Å². The maximum atomic E-state index is 8.36. The van der Waals surface area contributed by atoms with Gasteiger partial charge in [-0.2, -0.15) is 0 Å². The van der Waals surface area contributed by atoms with Crippen LogP contribution in [-0.2, 0) is 22.7 Å². The predicted octanol–water partition coefficient (Wildman–Crippen LogP) is 3.19. The van der Waals surface area contributed by atoms with Gasteiger partial charge in [-0.1, -0.05) is 30.3 Å². The Labute approximate surface area is 172 Å². The van der Waals surface area contributed by atoms with Crippen LogP contribution in [0.15, 0.2) is 42.6 Å². The molecule has 29 heavy (non-hydrogen) atoms. The monoisotopic (exact) mass is 401 g/mol. The summed E-state index contributed by atoms with van der Waals surface area (Å²) in [5.74, 6) is 0. The van der Waals surface area contributed by atoms with Crippen LogP contribution in [0.25, 0.3) is 0 Å². The Kier molecular flexibility index (Phi) is 11.2. The van der Waals surface area contributed by atoms with Crippen LogP contribution in [0.4, 0.5) is 0 Å². The maximum Gasteiger partial charge on any atom is 0.290 e. The predicted molar refractivity (Wildman–Crippen MR) is 113 cm³/mol. The van der Waals surface area contributed by atoms with Gasteiger partial charge in [0.15, 0.2) is 0 Å². The van der Waals surface area contributed by atoms with E-state index in [9.17, 15) is 0 Å². The van der Waals surface area contributed by atoms with E-state index in [0.717, 1.165) is 13.1 Å². The van der Waals surface area contributed by atoms with Gasteiger partial charge in [0.25, 0.3) is 12.9 Å². The highest BCUT2D eigenvalue weighted by atomic mass is 16.3. The highest BCUT2D eigenvalue weighted by molar-refractivity contribution is 5.33. The van der Waals surface area contributed by atoms with Crippen molar-refractivity contribution in [1.29, 1.82) is 0 Å². The first-order chi connectivity index (χ1) is 13.9. The van der Waals surface area contributed by atoms with Gasteiger partial charge in [-0.15, -0.1) is 0 Å². The topological polar surface area (TPSA) is 94.0 Å². The smallest absolute Gasteiger partial charge is 0.290 e. The standard InChI is InChI=1S/C20H27N3.2CH2O2/c1-16-6-11-19(21-13-16)15-23-12-4-5-20(23)18-9-7-17(8-10-18)14-22(2)3;2*2-1-3/h6-11,13,20H,4-5,12,14-15H2,1-3H3;2*1H,(H,2,3). The van der Waals surface area contributed by atoms with Gasteiger partial charge in [0.05, 0.1) is 5.69 Å². The number of carboxylic acid groups (broad SMARTS) is 2. The molecule has 2 heterocycles. The molecule has 0 amide bonds. The number of aryl methyl sites for hydroxylation is 1. The Morgan fingerprint density at radius 2 is 1.72 bits per heavy atom. The van der Waals surface area contributed by atoms with Crippen molar-refractivity contribution in [2.75, 3.05) is 20.6 Å². The maximum absolute atomic E-state index is 8.36. The quantitative estimate of drug-likeness (QED) is 0.743. The molecule has 1 fully saturated rings. The van der Waals surface area contributed by atoms with Crippen LogP contribution in [0.2, 0.25) is 0 Å². The zero-order valence-electron chi connectivity index (χ0n) is 17.4. The van der Waals surface area contributed by atoms with Crippen molar-refractivity contribution in [3.63, 3.8) is 0 Å². The van der Waals surface area contributed by atoms with Crippen molar-refractivity contribution in [2.45, 2.75) is 38.9 Å². The minimum absolute atomic E-state index is 0.250. The lowest BCUT2D eigenvalue weighted by Crippen LogP contribution is -2.23. The molecule has 7 heteroatoms. The second-order valence-corrected chi connectivity index (χ2v) is 7.15. The van der Waals surface area contributed by atoms with Crippen molar-refractivity contribution >= 4 is 12.9 Å². The fourth-order valence-electron chi connectivity index (χ4n) is 3.40. The molecule has 2 N–H and O–H groups in total. The summed E-state index contributed by atoms with van der Waals surface area (Å²) in [6, 6.07) is 14.0. The molecule has 0 spiro atoms. The zero-order valence-corrected chi connectivity index (χ0v) is 17.4. The third-order valence-corrected chi connectivity index (χ3v) is 4.56. The molecule has 1 unspecified atom stereocenters. The van der Waals surface area contributed by atoms with E-state index < -0.39 is 0 Å². The van der Waals surface area contributed by atoms with Crippen LogP contribution >= 0.6 is 0 Å². The average Bonchev–Trinajstić information content (AvgIpc) is 3.13. The molecule has 158 valence electrons. The molecule has 1 aliphatic heterocycles. The molecule has 3 rings (SSSR count). The van der Waals surface area contributed by atoms with Crippen molar-refractivity contribution in [3.05, 3.63) is 65.0 Å². The van der Waals surface area contributed by atoms with Crippen molar-refractivity contribution in [2.24, 2.45) is 0 Å². The normalized spacial score (nSPS) is 15.7. The molecule has 0 aliphatic carbocycles. The molecule has 1 aromatic carbocycles. The Morgan fingerprint density at radius 3 is 2.24 bits per heavy atom. The van der Waals surface area contributed by atoms with E-state index in [0.29, 0.717) is 6.04 Å². The Hall–Kier alpha value is -2.77. The minimum Gasteiger partial charge on any atom is -0.483 e. The van der Waals surface area contributed by atoms with Gasteiger partial charge in [-0.3, -0.25) is 19.5 Å². The number of rotatable bonds is 5. The zero-order chi connectivity index (χ0) is 21.6. The molecule has 2 aromatic rings. The van der Waals surface area contributed by atoms with Gasteiger partial charge < -0.3 is 15.1 Å². The van der Waals surface area contributed by atoms with Gasteiger partial charge in [-0.05, 0) is 63.2 Å². The lowest BCUT2D eigenvalue weighted by atomic mass is 10.0. The van der Waals surface area contributed by atoms with E-state index in [1.165, 1.54) is 41.8 Å². The lowest BCUT2D eigenvalue weighted by Gasteiger charge is -2.25. The average molecular weight is 402 g/mol. The first-order valence-corrected chi connectivity index (χ1v) is 9.50. The molecule has 7 nitrogen and oxygen atoms in total. The Morgan fingerprint density at radius 1 is 1.10 bits per heavy atom. The largest absolute Gasteiger partial charge is 0.483 e. The molecule has 1 aromatic heterocycles. The van der Waals surface area contributed by atoms with Crippen LogP contribution in [0, 0.1) is 6.92 Å². The van der Waals surface area contributed by atoms with Gasteiger partial charge in [-0.25, -0.2) is 0 Å². The number of carbonyl (C=O) groups is 2. The van der Waals surface area contributed by atoms with Crippen molar-refractivity contribution in [3.8, 4) is 0 Å². The van der Waals surface area contributed by atoms with Crippen molar-refractivity contribution in [1.82, 2.24) is 14.8 Å². The summed E-state index contributed by atoms with van der Waals surface area (Å²) in [6.07, 6.45) is 4.49. The summed E-state index contributed by atoms with van der Waals surface area (Å²) >= 11 is 0. The van der Waals surface area contributed by atoms with Crippen LogP contribution in [0.1, 0.15) is 41.3 Å². The number of aromatic nitrogens is 1. The van der Waals surface area contributed by atoms with Gasteiger partial charge in [0.2, 0.25) is 0 Å². The number of nitrogens with zero attached hydrogens (tertiary/aromatic N) is 3. The summed E-state index contributed by atoms with van der Waals surface area (Å²) in [7, 11) is 4.22. The molecule has 0 radical (unpaired) electrons.